The van der Waals surface area contributed by atoms with Crippen LogP contribution < -0.4 is 10.2 Å². The van der Waals surface area contributed by atoms with Crippen molar-refractivity contribution in [1.29, 1.82) is 0 Å². The highest BCUT2D eigenvalue weighted by Crippen LogP contribution is 2.19. The number of carbonyl (C=O) groups excluding carboxylic acids is 2. The predicted octanol–water partition coefficient (Wildman–Crippen LogP) is 3.99. The molecule has 0 radical (unpaired) electrons. The zero-order valence-electron chi connectivity index (χ0n) is 18.2. The summed E-state index contributed by atoms with van der Waals surface area (Å²) >= 11 is 0. The number of carbonyl (C=O) groups is 2. The van der Waals surface area contributed by atoms with Crippen molar-refractivity contribution in [2.75, 3.05) is 13.1 Å². The van der Waals surface area contributed by atoms with Crippen LogP contribution in [0.5, 0.6) is 5.75 Å². The number of rotatable bonds is 10. The van der Waals surface area contributed by atoms with Gasteiger partial charge in [0.15, 0.2) is 17.7 Å². The number of hydrogen-bond donors (Lipinski definition) is 0. The molecule has 0 aliphatic carbocycles. The Morgan fingerprint density at radius 1 is 1.23 bits per heavy atom. The first-order valence-corrected chi connectivity index (χ1v) is 10.2. The van der Waals surface area contributed by atoms with Gasteiger partial charge in [-0.1, -0.05) is 42.0 Å². The first kappa shape index (κ1) is 23.1. The standard InChI is InChI=1S/C24H30N2O4/c1-5-18(3)11-10-14-26(6-2)24(29)21-23(22(28)20(16-27)15-25(21)4)30-17-19-12-8-7-9-13-19/h5,7-9,12-13,15-16H,6,10-11,14,17H2,1-4H3/b18-5+. The molecule has 1 amide bonds. The molecule has 0 saturated carbocycles. The van der Waals surface area contributed by atoms with Gasteiger partial charge in [-0.2, -0.15) is 0 Å². The zero-order valence-corrected chi connectivity index (χ0v) is 18.2. The van der Waals surface area contributed by atoms with Crippen molar-refractivity contribution < 1.29 is 14.3 Å². The number of aldehydes is 1. The maximum atomic E-state index is 13.3. The highest BCUT2D eigenvalue weighted by Gasteiger charge is 2.25. The van der Waals surface area contributed by atoms with Crippen LogP contribution in [0.15, 0.2) is 53.0 Å². The number of nitrogens with zero attached hydrogens (tertiary/aromatic N) is 2. The van der Waals surface area contributed by atoms with Crippen LogP contribution in [-0.4, -0.2) is 34.7 Å². The molecule has 1 aromatic heterocycles. The molecular weight excluding hydrogens is 380 g/mol. The predicted molar refractivity (Wildman–Crippen MR) is 118 cm³/mol. The Morgan fingerprint density at radius 2 is 1.93 bits per heavy atom. The van der Waals surface area contributed by atoms with Gasteiger partial charge in [-0.25, -0.2) is 0 Å². The largest absolute Gasteiger partial charge is 0.483 e. The second-order valence-electron chi connectivity index (χ2n) is 7.22. The molecule has 0 spiro atoms. The smallest absolute Gasteiger partial charge is 0.274 e. The minimum atomic E-state index is -0.566. The van der Waals surface area contributed by atoms with Crippen LogP contribution in [0, 0.1) is 0 Å². The average Bonchev–Trinajstić information content (AvgIpc) is 2.76. The number of benzene rings is 1. The summed E-state index contributed by atoms with van der Waals surface area (Å²) in [6.45, 7) is 7.18. The summed E-state index contributed by atoms with van der Waals surface area (Å²) in [5.74, 6) is -0.366. The molecule has 6 nitrogen and oxygen atoms in total. The van der Waals surface area contributed by atoms with E-state index >= 15 is 0 Å². The van der Waals surface area contributed by atoms with E-state index in [-0.39, 0.29) is 29.5 Å². The van der Waals surface area contributed by atoms with Gasteiger partial charge in [0.2, 0.25) is 5.43 Å². The van der Waals surface area contributed by atoms with E-state index in [4.69, 9.17) is 4.74 Å². The van der Waals surface area contributed by atoms with Gasteiger partial charge in [-0.05, 0) is 39.2 Å². The van der Waals surface area contributed by atoms with Crippen LogP contribution in [0.1, 0.15) is 60.0 Å². The minimum Gasteiger partial charge on any atom is -0.483 e. The normalized spacial score (nSPS) is 11.3. The quantitative estimate of drug-likeness (QED) is 0.439. The highest BCUT2D eigenvalue weighted by atomic mass is 16.5. The lowest BCUT2D eigenvalue weighted by atomic mass is 10.1. The molecule has 0 N–H and O–H groups in total. The van der Waals surface area contributed by atoms with Crippen LogP contribution in [0.25, 0.3) is 0 Å². The first-order valence-electron chi connectivity index (χ1n) is 10.2. The van der Waals surface area contributed by atoms with E-state index in [2.05, 4.69) is 13.0 Å². The van der Waals surface area contributed by atoms with E-state index in [1.54, 1.807) is 11.9 Å². The molecule has 0 bridgehead atoms. The number of pyridine rings is 1. The van der Waals surface area contributed by atoms with Crippen molar-refractivity contribution in [3.8, 4) is 5.75 Å². The van der Waals surface area contributed by atoms with Crippen molar-refractivity contribution >= 4 is 12.2 Å². The van der Waals surface area contributed by atoms with Gasteiger partial charge in [-0.15, -0.1) is 0 Å². The summed E-state index contributed by atoms with van der Waals surface area (Å²) < 4.78 is 7.31. The van der Waals surface area contributed by atoms with Gasteiger partial charge >= 0.3 is 0 Å². The summed E-state index contributed by atoms with van der Waals surface area (Å²) in [6, 6.07) is 9.38. The highest BCUT2D eigenvalue weighted by molar-refractivity contribution is 5.96. The molecule has 30 heavy (non-hydrogen) atoms. The van der Waals surface area contributed by atoms with Gasteiger partial charge in [0.1, 0.15) is 6.61 Å². The second-order valence-corrected chi connectivity index (χ2v) is 7.22. The third kappa shape index (κ3) is 5.69. The summed E-state index contributed by atoms with van der Waals surface area (Å²) in [4.78, 5) is 39.2. The van der Waals surface area contributed by atoms with Gasteiger partial charge < -0.3 is 14.2 Å². The Kier molecular flexibility index (Phi) is 8.59. The maximum absolute atomic E-state index is 13.3. The van der Waals surface area contributed by atoms with Crippen LogP contribution >= 0.6 is 0 Å². The molecule has 2 aromatic rings. The lowest BCUT2D eigenvalue weighted by molar-refractivity contribution is 0.0745. The van der Waals surface area contributed by atoms with Crippen molar-refractivity contribution in [1.82, 2.24) is 9.47 Å². The van der Waals surface area contributed by atoms with E-state index in [0.29, 0.717) is 19.4 Å². The SMILES string of the molecule is C/C=C(\C)CCCN(CC)C(=O)c1c(OCc2ccccc2)c(=O)c(C=O)cn1C. The number of aryl methyl sites for hydroxylation is 1. The van der Waals surface area contributed by atoms with E-state index in [0.717, 1.165) is 18.4 Å². The number of amides is 1. The molecule has 0 fully saturated rings. The molecule has 0 atom stereocenters. The average molecular weight is 411 g/mol. The molecular formula is C24H30N2O4. The fourth-order valence-electron chi connectivity index (χ4n) is 3.17. The lowest BCUT2D eigenvalue weighted by Crippen LogP contribution is -2.35. The van der Waals surface area contributed by atoms with Gasteiger partial charge in [0, 0.05) is 26.3 Å². The first-order chi connectivity index (χ1) is 14.4. The lowest BCUT2D eigenvalue weighted by Gasteiger charge is -2.24. The molecule has 0 aliphatic heterocycles. The third-order valence-corrected chi connectivity index (χ3v) is 5.09. The van der Waals surface area contributed by atoms with E-state index in [1.165, 1.54) is 16.3 Å². The molecule has 1 heterocycles. The number of hydrogen-bond acceptors (Lipinski definition) is 4. The topological polar surface area (TPSA) is 68.6 Å². The van der Waals surface area contributed by atoms with Crippen molar-refractivity contribution in [3.05, 3.63) is 75.2 Å². The van der Waals surface area contributed by atoms with Crippen LogP contribution in [-0.2, 0) is 13.7 Å². The van der Waals surface area contributed by atoms with Crippen molar-refractivity contribution in [2.24, 2.45) is 7.05 Å². The zero-order chi connectivity index (χ0) is 22.1. The number of ether oxygens (including phenoxy) is 1. The maximum Gasteiger partial charge on any atom is 0.274 e. The Hall–Kier alpha value is -3.15. The molecule has 6 heteroatoms. The van der Waals surface area contributed by atoms with E-state index < -0.39 is 5.43 Å². The van der Waals surface area contributed by atoms with Crippen LogP contribution in [0.3, 0.4) is 0 Å². The minimum absolute atomic E-state index is 0.0381. The Labute approximate surface area is 177 Å². The summed E-state index contributed by atoms with van der Waals surface area (Å²) in [7, 11) is 1.65. The van der Waals surface area contributed by atoms with E-state index in [1.807, 2.05) is 44.2 Å². The Bertz CT molecular complexity index is 961. The fraction of sp³-hybridized carbons (Fsp3) is 0.375. The van der Waals surface area contributed by atoms with E-state index in [9.17, 15) is 14.4 Å². The Morgan fingerprint density at radius 3 is 2.53 bits per heavy atom. The fourth-order valence-corrected chi connectivity index (χ4v) is 3.17. The van der Waals surface area contributed by atoms with Gasteiger partial charge in [0.25, 0.3) is 5.91 Å². The molecule has 0 saturated heterocycles. The molecule has 0 aliphatic rings. The van der Waals surface area contributed by atoms with Crippen molar-refractivity contribution in [2.45, 2.75) is 40.2 Å². The third-order valence-electron chi connectivity index (χ3n) is 5.09. The van der Waals surface area contributed by atoms with Gasteiger partial charge in [-0.3, -0.25) is 14.4 Å². The summed E-state index contributed by atoms with van der Waals surface area (Å²) in [5.41, 5.74) is 1.69. The van der Waals surface area contributed by atoms with Crippen LogP contribution in [0.2, 0.25) is 0 Å². The summed E-state index contributed by atoms with van der Waals surface area (Å²) in [6.07, 6.45) is 5.67. The second kappa shape index (κ2) is 11.1. The van der Waals surface area contributed by atoms with Gasteiger partial charge in [0.05, 0.1) is 5.56 Å². The van der Waals surface area contributed by atoms with Crippen molar-refractivity contribution in [3.63, 3.8) is 0 Å². The molecule has 0 unspecified atom stereocenters. The molecule has 160 valence electrons. The monoisotopic (exact) mass is 410 g/mol. The number of allylic oxidation sites excluding steroid dienone is 2. The molecule has 2 rings (SSSR count). The number of aromatic nitrogens is 1. The summed E-state index contributed by atoms with van der Waals surface area (Å²) in [5, 5.41) is 0. The van der Waals surface area contributed by atoms with Crippen LogP contribution in [0.4, 0.5) is 0 Å². The molecule has 1 aromatic carbocycles. The Balaban J connectivity index is 2.36.